The lowest BCUT2D eigenvalue weighted by Crippen LogP contribution is -2.11. The third-order valence-corrected chi connectivity index (χ3v) is 4.42. The molecule has 0 unspecified atom stereocenters. The number of aromatic nitrogens is 2. The van der Waals surface area contributed by atoms with E-state index in [9.17, 15) is 4.79 Å². The van der Waals surface area contributed by atoms with Gasteiger partial charge in [0.2, 0.25) is 0 Å². The fourth-order valence-electron chi connectivity index (χ4n) is 2.93. The zero-order valence-corrected chi connectivity index (χ0v) is 15.9. The van der Waals surface area contributed by atoms with E-state index in [0.717, 1.165) is 16.8 Å². The van der Waals surface area contributed by atoms with Gasteiger partial charge in [-0.3, -0.25) is 9.78 Å². The van der Waals surface area contributed by atoms with Crippen LogP contribution < -0.4 is 10.6 Å². The standard InChI is InChI=1S/C24H17N5O/c25-15-17-6-8-18(9-7-17)24(30)29-22-5-1-4-21(14-22)28-23-13-19(10-12-27-23)20-3-2-11-26-16-20/h1-14,16H,(H,27,28)(H,29,30). The summed E-state index contributed by atoms with van der Waals surface area (Å²) in [4.78, 5) is 21.0. The molecule has 0 saturated carbocycles. The second-order valence-corrected chi connectivity index (χ2v) is 6.52. The van der Waals surface area contributed by atoms with E-state index in [0.29, 0.717) is 22.6 Å². The van der Waals surface area contributed by atoms with Gasteiger partial charge in [-0.15, -0.1) is 0 Å². The highest BCUT2D eigenvalue weighted by molar-refractivity contribution is 6.04. The SMILES string of the molecule is N#Cc1ccc(C(=O)Nc2cccc(Nc3cc(-c4cccnc4)ccn3)c2)cc1. The Labute approximate surface area is 173 Å². The molecule has 6 nitrogen and oxygen atoms in total. The maximum atomic E-state index is 12.5. The fraction of sp³-hybridized carbons (Fsp3) is 0. The van der Waals surface area contributed by atoms with Crippen molar-refractivity contribution in [3.8, 4) is 17.2 Å². The molecular formula is C24H17N5O. The van der Waals surface area contributed by atoms with E-state index in [2.05, 4.69) is 20.6 Å². The Morgan fingerprint density at radius 3 is 2.47 bits per heavy atom. The minimum atomic E-state index is -0.242. The van der Waals surface area contributed by atoms with Crippen LogP contribution in [-0.4, -0.2) is 15.9 Å². The summed E-state index contributed by atoms with van der Waals surface area (Å²) < 4.78 is 0. The van der Waals surface area contributed by atoms with Crippen molar-refractivity contribution in [2.75, 3.05) is 10.6 Å². The van der Waals surface area contributed by atoms with Crippen LogP contribution in [0, 0.1) is 11.3 Å². The third kappa shape index (κ3) is 4.49. The zero-order valence-electron chi connectivity index (χ0n) is 15.9. The number of benzene rings is 2. The van der Waals surface area contributed by atoms with Crippen molar-refractivity contribution < 1.29 is 4.79 Å². The van der Waals surface area contributed by atoms with E-state index in [4.69, 9.17) is 5.26 Å². The molecule has 4 aromatic rings. The Balaban J connectivity index is 1.48. The average Bonchev–Trinajstić information content (AvgIpc) is 2.80. The lowest BCUT2D eigenvalue weighted by molar-refractivity contribution is 0.102. The van der Waals surface area contributed by atoms with Crippen molar-refractivity contribution in [3.63, 3.8) is 0 Å². The van der Waals surface area contributed by atoms with Crippen molar-refractivity contribution in [1.82, 2.24) is 9.97 Å². The van der Waals surface area contributed by atoms with E-state index in [1.807, 2.05) is 54.6 Å². The van der Waals surface area contributed by atoms with Gasteiger partial charge in [-0.2, -0.15) is 5.26 Å². The highest BCUT2D eigenvalue weighted by Gasteiger charge is 2.07. The minimum absolute atomic E-state index is 0.242. The summed E-state index contributed by atoms with van der Waals surface area (Å²) in [6.45, 7) is 0. The molecule has 30 heavy (non-hydrogen) atoms. The first kappa shape index (κ1) is 18.8. The van der Waals surface area contributed by atoms with Gasteiger partial charge in [0.1, 0.15) is 5.82 Å². The van der Waals surface area contributed by atoms with Gasteiger partial charge in [-0.25, -0.2) is 4.98 Å². The number of nitrogens with zero attached hydrogens (tertiary/aromatic N) is 3. The number of nitriles is 1. The lowest BCUT2D eigenvalue weighted by atomic mass is 10.1. The number of pyridine rings is 2. The van der Waals surface area contributed by atoms with Gasteiger partial charge in [0.15, 0.2) is 0 Å². The monoisotopic (exact) mass is 391 g/mol. The number of anilines is 3. The summed E-state index contributed by atoms with van der Waals surface area (Å²) in [5, 5.41) is 15.0. The molecule has 144 valence electrons. The average molecular weight is 391 g/mol. The topological polar surface area (TPSA) is 90.7 Å². The highest BCUT2D eigenvalue weighted by Crippen LogP contribution is 2.24. The smallest absolute Gasteiger partial charge is 0.255 e. The van der Waals surface area contributed by atoms with Gasteiger partial charge in [0.05, 0.1) is 11.6 Å². The summed E-state index contributed by atoms with van der Waals surface area (Å²) in [6.07, 6.45) is 5.28. The van der Waals surface area contributed by atoms with Crippen LogP contribution in [0.15, 0.2) is 91.4 Å². The summed E-state index contributed by atoms with van der Waals surface area (Å²) >= 11 is 0. The molecule has 0 bridgehead atoms. The maximum absolute atomic E-state index is 12.5. The molecular weight excluding hydrogens is 374 g/mol. The fourth-order valence-corrected chi connectivity index (χ4v) is 2.93. The minimum Gasteiger partial charge on any atom is -0.340 e. The quantitative estimate of drug-likeness (QED) is 0.499. The van der Waals surface area contributed by atoms with Crippen LogP contribution in [0.3, 0.4) is 0 Å². The van der Waals surface area contributed by atoms with E-state index in [-0.39, 0.29) is 5.91 Å². The highest BCUT2D eigenvalue weighted by atomic mass is 16.1. The number of amides is 1. The van der Waals surface area contributed by atoms with Crippen molar-refractivity contribution in [1.29, 1.82) is 5.26 Å². The van der Waals surface area contributed by atoms with E-state index in [1.165, 1.54) is 0 Å². The molecule has 0 aliphatic heterocycles. The Hall–Kier alpha value is -4.50. The number of carbonyl (C=O) groups is 1. The van der Waals surface area contributed by atoms with Crippen LogP contribution in [0.2, 0.25) is 0 Å². The molecule has 0 atom stereocenters. The molecule has 6 heteroatoms. The van der Waals surface area contributed by atoms with Crippen LogP contribution in [-0.2, 0) is 0 Å². The van der Waals surface area contributed by atoms with Gasteiger partial charge in [0, 0.05) is 41.1 Å². The summed E-state index contributed by atoms with van der Waals surface area (Å²) in [6, 6.07) is 23.7. The number of carbonyl (C=O) groups excluding carboxylic acids is 1. The number of hydrogen-bond donors (Lipinski definition) is 2. The van der Waals surface area contributed by atoms with E-state index < -0.39 is 0 Å². The molecule has 1 amide bonds. The first-order chi connectivity index (χ1) is 14.7. The van der Waals surface area contributed by atoms with Crippen molar-refractivity contribution in [3.05, 3.63) is 103 Å². The van der Waals surface area contributed by atoms with Crippen molar-refractivity contribution in [2.45, 2.75) is 0 Å². The molecule has 0 saturated heterocycles. The molecule has 0 radical (unpaired) electrons. The summed E-state index contributed by atoms with van der Waals surface area (Å²) in [5.74, 6) is 0.445. The normalized spacial score (nSPS) is 10.1. The Morgan fingerprint density at radius 2 is 1.70 bits per heavy atom. The van der Waals surface area contributed by atoms with Gasteiger partial charge >= 0.3 is 0 Å². The second kappa shape index (κ2) is 8.67. The van der Waals surface area contributed by atoms with Crippen LogP contribution in [0.25, 0.3) is 11.1 Å². The largest absolute Gasteiger partial charge is 0.340 e. The molecule has 0 aliphatic carbocycles. The van der Waals surface area contributed by atoms with Crippen LogP contribution in [0.5, 0.6) is 0 Å². The molecule has 0 fully saturated rings. The van der Waals surface area contributed by atoms with Crippen LogP contribution in [0.4, 0.5) is 17.2 Å². The second-order valence-electron chi connectivity index (χ2n) is 6.52. The van der Waals surface area contributed by atoms with Crippen molar-refractivity contribution >= 4 is 23.1 Å². The van der Waals surface area contributed by atoms with Gasteiger partial charge in [-0.05, 0) is 66.2 Å². The third-order valence-electron chi connectivity index (χ3n) is 4.42. The number of hydrogen-bond acceptors (Lipinski definition) is 5. The van der Waals surface area contributed by atoms with Gasteiger partial charge < -0.3 is 10.6 Å². The zero-order chi connectivity index (χ0) is 20.8. The summed E-state index contributed by atoms with van der Waals surface area (Å²) in [7, 11) is 0. The molecule has 0 aliphatic rings. The van der Waals surface area contributed by atoms with Gasteiger partial charge in [-0.1, -0.05) is 12.1 Å². The van der Waals surface area contributed by atoms with E-state index >= 15 is 0 Å². The first-order valence-corrected chi connectivity index (χ1v) is 9.26. The number of rotatable bonds is 5. The maximum Gasteiger partial charge on any atom is 0.255 e. The first-order valence-electron chi connectivity index (χ1n) is 9.26. The van der Waals surface area contributed by atoms with Crippen LogP contribution >= 0.6 is 0 Å². The number of nitrogens with one attached hydrogen (secondary N) is 2. The Morgan fingerprint density at radius 1 is 0.867 bits per heavy atom. The Kier molecular flexibility index (Phi) is 5.45. The molecule has 0 spiro atoms. The molecule has 2 aromatic heterocycles. The molecule has 2 heterocycles. The van der Waals surface area contributed by atoms with Gasteiger partial charge in [0.25, 0.3) is 5.91 Å². The molecule has 2 N–H and O–H groups in total. The lowest BCUT2D eigenvalue weighted by Gasteiger charge is -2.10. The predicted molar refractivity (Wildman–Crippen MR) is 116 cm³/mol. The summed E-state index contributed by atoms with van der Waals surface area (Å²) in [5.41, 5.74) is 4.45. The molecule has 4 rings (SSSR count). The van der Waals surface area contributed by atoms with Crippen molar-refractivity contribution in [2.24, 2.45) is 0 Å². The van der Waals surface area contributed by atoms with Crippen LogP contribution in [0.1, 0.15) is 15.9 Å². The molecule has 2 aromatic carbocycles. The Bertz CT molecular complexity index is 1210. The predicted octanol–water partition coefficient (Wildman–Crippen LogP) is 5.01. The van der Waals surface area contributed by atoms with E-state index in [1.54, 1.807) is 42.9 Å².